The number of fused-ring (bicyclic) bond motifs is 1. The van der Waals surface area contributed by atoms with Crippen LogP contribution in [0, 0.1) is 5.92 Å². The molecular weight excluding hydrogens is 677 g/mol. The SMILES string of the molecule is CC(C)(C)[S+]([O-])N[C@H](c1cccc(-c2ccc3cnn(-c4cncc(CO[Si](C)(C)C(C)(C)C)n4)c3c2)n1)C1CC(O[Si](C)(C)C(C)(C)C)C1. The summed E-state index contributed by atoms with van der Waals surface area (Å²) in [6.45, 7) is 29.1. The summed E-state index contributed by atoms with van der Waals surface area (Å²) in [4.78, 5) is 14.6. The molecule has 50 heavy (non-hydrogen) atoms. The first-order valence-electron chi connectivity index (χ1n) is 17.8. The van der Waals surface area contributed by atoms with Gasteiger partial charge in [0, 0.05) is 28.4 Å². The Bertz CT molecular complexity index is 1790. The minimum absolute atomic E-state index is 0.108. The molecule has 12 heteroatoms. The first-order valence-corrected chi connectivity index (χ1v) is 24.8. The van der Waals surface area contributed by atoms with Gasteiger partial charge >= 0.3 is 0 Å². The zero-order valence-corrected chi connectivity index (χ0v) is 35.2. The molecule has 1 unspecified atom stereocenters. The van der Waals surface area contributed by atoms with Gasteiger partial charge in [-0.15, -0.1) is 4.72 Å². The lowest BCUT2D eigenvalue weighted by Gasteiger charge is -2.46. The van der Waals surface area contributed by atoms with Crippen molar-refractivity contribution in [3.63, 3.8) is 0 Å². The Morgan fingerprint density at radius 2 is 1.58 bits per heavy atom. The number of nitrogens with zero attached hydrogens (tertiary/aromatic N) is 5. The Kier molecular flexibility index (Phi) is 11.0. The molecule has 3 heterocycles. The van der Waals surface area contributed by atoms with E-state index in [0.29, 0.717) is 12.4 Å². The first kappa shape index (κ1) is 38.8. The van der Waals surface area contributed by atoms with Gasteiger partial charge in [0.2, 0.25) is 0 Å². The molecule has 2 atom stereocenters. The molecule has 9 nitrogen and oxygen atoms in total. The van der Waals surface area contributed by atoms with Gasteiger partial charge in [-0.2, -0.15) is 5.10 Å². The molecule has 0 bridgehead atoms. The summed E-state index contributed by atoms with van der Waals surface area (Å²) in [6, 6.07) is 12.2. The van der Waals surface area contributed by atoms with E-state index in [0.717, 1.165) is 46.4 Å². The van der Waals surface area contributed by atoms with Gasteiger partial charge in [-0.1, -0.05) is 59.7 Å². The van der Waals surface area contributed by atoms with Gasteiger partial charge in [0.1, 0.15) is 4.75 Å². The minimum atomic E-state index is -1.94. The summed E-state index contributed by atoms with van der Waals surface area (Å²) in [5.41, 5.74) is 4.40. The second-order valence-corrected chi connectivity index (χ2v) is 29.5. The van der Waals surface area contributed by atoms with Gasteiger partial charge in [-0.25, -0.2) is 9.67 Å². The van der Waals surface area contributed by atoms with Crippen molar-refractivity contribution in [2.24, 2.45) is 5.92 Å². The van der Waals surface area contributed by atoms with E-state index < -0.39 is 32.7 Å². The number of hydrogen-bond donors (Lipinski definition) is 1. The second kappa shape index (κ2) is 14.2. The zero-order chi connectivity index (χ0) is 36.9. The van der Waals surface area contributed by atoms with Crippen LogP contribution in [0.2, 0.25) is 36.3 Å². The van der Waals surface area contributed by atoms with Gasteiger partial charge in [-0.3, -0.25) is 9.97 Å². The Morgan fingerprint density at radius 1 is 0.900 bits per heavy atom. The van der Waals surface area contributed by atoms with Crippen LogP contribution in [0.5, 0.6) is 0 Å². The number of benzene rings is 1. The maximum Gasteiger partial charge on any atom is 0.192 e. The lowest BCUT2D eigenvalue weighted by atomic mass is 9.76. The molecule has 1 aliphatic carbocycles. The fourth-order valence-corrected chi connectivity index (χ4v) is 8.66. The normalized spacial score (nSPS) is 19.0. The smallest absolute Gasteiger partial charge is 0.192 e. The predicted molar refractivity (Wildman–Crippen MR) is 210 cm³/mol. The molecule has 1 aliphatic rings. The van der Waals surface area contributed by atoms with E-state index in [2.05, 4.69) is 107 Å². The molecule has 4 aromatic rings. The number of hydrogen-bond acceptors (Lipinski definition) is 8. The van der Waals surface area contributed by atoms with Crippen molar-refractivity contribution < 1.29 is 13.4 Å². The van der Waals surface area contributed by atoms with Crippen LogP contribution in [0.15, 0.2) is 55.0 Å². The fourth-order valence-electron chi connectivity index (χ4n) is 5.44. The summed E-state index contributed by atoms with van der Waals surface area (Å²) in [6.07, 6.45) is 7.42. The third-order valence-corrected chi connectivity index (χ3v) is 21.5. The lowest BCUT2D eigenvalue weighted by molar-refractivity contribution is 0.0365. The van der Waals surface area contributed by atoms with Crippen LogP contribution in [-0.4, -0.2) is 56.8 Å². The third kappa shape index (κ3) is 8.59. The maximum atomic E-state index is 13.5. The van der Waals surface area contributed by atoms with E-state index in [4.69, 9.17) is 18.8 Å². The van der Waals surface area contributed by atoms with Gasteiger partial charge < -0.3 is 13.4 Å². The Balaban J connectivity index is 1.41. The van der Waals surface area contributed by atoms with Crippen molar-refractivity contribution in [2.75, 3.05) is 0 Å². The van der Waals surface area contributed by atoms with Gasteiger partial charge in [0.15, 0.2) is 22.5 Å². The summed E-state index contributed by atoms with van der Waals surface area (Å²) in [7, 11) is -3.82. The summed E-state index contributed by atoms with van der Waals surface area (Å²) < 4.78 is 31.5. The molecule has 1 aromatic carbocycles. The highest BCUT2D eigenvalue weighted by molar-refractivity contribution is 7.90. The van der Waals surface area contributed by atoms with Crippen LogP contribution >= 0.6 is 0 Å². The van der Waals surface area contributed by atoms with Crippen molar-refractivity contribution >= 4 is 38.9 Å². The molecule has 3 aromatic heterocycles. The fraction of sp³-hybridized carbons (Fsp3) is 0.579. The Hall–Kier alpha value is -2.46. The van der Waals surface area contributed by atoms with Crippen molar-refractivity contribution in [1.29, 1.82) is 0 Å². The summed E-state index contributed by atoms with van der Waals surface area (Å²) in [5.74, 6) is 0.915. The van der Waals surface area contributed by atoms with Crippen LogP contribution in [0.25, 0.3) is 28.0 Å². The van der Waals surface area contributed by atoms with Crippen molar-refractivity contribution in [1.82, 2.24) is 29.5 Å². The Morgan fingerprint density at radius 3 is 2.22 bits per heavy atom. The van der Waals surface area contributed by atoms with E-state index in [1.807, 2.05) is 43.8 Å². The lowest BCUT2D eigenvalue weighted by Crippen LogP contribution is -2.51. The van der Waals surface area contributed by atoms with Crippen molar-refractivity contribution in [3.8, 4) is 17.1 Å². The van der Waals surface area contributed by atoms with E-state index in [1.165, 1.54) is 0 Å². The number of nitrogens with one attached hydrogen (secondary N) is 1. The highest BCUT2D eigenvalue weighted by Gasteiger charge is 2.46. The molecule has 0 aliphatic heterocycles. The average molecular weight is 735 g/mol. The monoisotopic (exact) mass is 734 g/mol. The van der Waals surface area contributed by atoms with E-state index in [-0.39, 0.29) is 28.1 Å². The van der Waals surface area contributed by atoms with Gasteiger partial charge in [0.05, 0.1) is 53.8 Å². The average Bonchev–Trinajstić information content (AvgIpc) is 3.43. The number of aromatic nitrogens is 5. The highest BCUT2D eigenvalue weighted by atomic mass is 32.2. The third-order valence-electron chi connectivity index (χ3n) is 10.9. The van der Waals surface area contributed by atoms with Crippen LogP contribution in [0.1, 0.15) is 92.6 Å². The number of rotatable bonds is 11. The van der Waals surface area contributed by atoms with E-state index in [9.17, 15) is 4.55 Å². The zero-order valence-electron chi connectivity index (χ0n) is 32.4. The van der Waals surface area contributed by atoms with Gasteiger partial charge in [0.25, 0.3) is 0 Å². The van der Waals surface area contributed by atoms with Gasteiger partial charge in [-0.05, 0) is 94.0 Å². The Labute approximate surface area is 305 Å². The molecule has 1 fully saturated rings. The molecule has 272 valence electrons. The molecule has 0 radical (unpaired) electrons. The standard InChI is InChI=1S/C38H58N6O3SSi2/c1-36(2,3)48(45)43-35(28-19-30(20-28)47-50(12,13)38(7,8)9)32-16-14-15-31(42-32)26-17-18-27-22-40-44(33(27)21-26)34-24-39-23-29(41-34)25-46-49(10,11)37(4,5)6/h14-18,21-24,28,30,35,43H,19-20,25H2,1-13H3/t28?,30?,35-,48?/m0/s1. The van der Waals surface area contributed by atoms with Crippen LogP contribution in [0.3, 0.4) is 0 Å². The van der Waals surface area contributed by atoms with E-state index >= 15 is 0 Å². The largest absolute Gasteiger partial charge is 0.598 e. The molecule has 0 amide bonds. The van der Waals surface area contributed by atoms with Crippen LogP contribution in [-0.2, 0) is 26.8 Å². The molecular formula is C38H58N6O3SSi2. The summed E-state index contributed by atoms with van der Waals surface area (Å²) in [5, 5.41) is 5.95. The maximum absolute atomic E-state index is 13.5. The van der Waals surface area contributed by atoms with Crippen LogP contribution in [0.4, 0.5) is 0 Å². The summed E-state index contributed by atoms with van der Waals surface area (Å²) >= 11 is -1.26. The molecule has 0 spiro atoms. The second-order valence-electron chi connectivity index (χ2n) is 17.9. The molecule has 1 N–H and O–H groups in total. The number of pyridine rings is 1. The highest BCUT2D eigenvalue weighted by Crippen LogP contribution is 2.45. The molecule has 0 saturated heterocycles. The van der Waals surface area contributed by atoms with Crippen LogP contribution < -0.4 is 4.72 Å². The molecule has 1 saturated carbocycles. The van der Waals surface area contributed by atoms with Crippen molar-refractivity contribution in [2.45, 2.75) is 135 Å². The predicted octanol–water partition coefficient (Wildman–Crippen LogP) is 9.29. The van der Waals surface area contributed by atoms with E-state index in [1.54, 1.807) is 12.4 Å². The van der Waals surface area contributed by atoms with Crippen molar-refractivity contribution in [3.05, 3.63) is 66.4 Å². The first-order chi connectivity index (χ1) is 23.1. The minimum Gasteiger partial charge on any atom is -0.598 e. The topological polar surface area (TPSA) is 110 Å². The quantitative estimate of drug-likeness (QED) is 0.120. The molecule has 5 rings (SSSR count).